The third-order valence-electron chi connectivity index (χ3n) is 7.42. The van der Waals surface area contributed by atoms with Crippen molar-refractivity contribution in [1.82, 2.24) is 24.5 Å². The first-order valence-electron chi connectivity index (χ1n) is 14.2. The maximum absolute atomic E-state index is 13.0. The summed E-state index contributed by atoms with van der Waals surface area (Å²) in [4.78, 5) is 34.6. The predicted octanol–water partition coefficient (Wildman–Crippen LogP) is 5.09. The van der Waals surface area contributed by atoms with Crippen LogP contribution in [0.2, 0.25) is 0 Å². The Kier molecular flexibility index (Phi) is 7.38. The Morgan fingerprint density at radius 3 is 2.47 bits per heavy atom. The molecule has 0 radical (unpaired) electrons. The maximum Gasteiger partial charge on any atom is 0.410 e. The molecule has 1 unspecified atom stereocenters. The number of rotatable bonds is 6. The molecule has 6 heterocycles. The van der Waals surface area contributed by atoms with Gasteiger partial charge in [0, 0.05) is 42.6 Å². The Labute approximate surface area is 248 Å². The van der Waals surface area contributed by atoms with Gasteiger partial charge in [0.25, 0.3) is 0 Å². The van der Waals surface area contributed by atoms with Gasteiger partial charge in [0.05, 0.1) is 42.6 Å². The van der Waals surface area contributed by atoms with Crippen LogP contribution in [0.25, 0.3) is 16.6 Å². The quantitative estimate of drug-likeness (QED) is 0.314. The number of carboxylic acids is 1. The number of pyridine rings is 3. The Morgan fingerprint density at radius 2 is 1.79 bits per heavy atom. The number of anilines is 2. The molecule has 2 aliphatic rings. The Hall–Kier alpha value is -4.71. The van der Waals surface area contributed by atoms with Crippen LogP contribution in [0.15, 0.2) is 55.0 Å². The molecular weight excluding hydrogens is 552 g/mol. The fourth-order valence-corrected chi connectivity index (χ4v) is 5.57. The van der Waals surface area contributed by atoms with Crippen molar-refractivity contribution in [3.05, 3.63) is 66.2 Å². The normalized spacial score (nSPS) is 20.1. The van der Waals surface area contributed by atoms with Gasteiger partial charge in [-0.3, -0.25) is 9.88 Å². The molecule has 1 amide bonds. The number of ether oxygens (including phenoxy) is 3. The van der Waals surface area contributed by atoms with E-state index < -0.39 is 11.6 Å². The minimum atomic E-state index is -1.03. The van der Waals surface area contributed by atoms with Gasteiger partial charge in [-0.2, -0.15) is 5.10 Å². The standard InChI is InChI=1S/C31H34N6O6/c1-18-9-25(19-7-8-36-21(10-19)13-28(35-36)34-27-6-5-20(14-33-27)29(38)39)26(15-32-18)42-24-11-22-16-41-17-23(12-24)37(22)30(40)43-31(2,3)4/h5-10,13-15,22-24H,11-12,16-17H2,1-4H3,(H,38,39)(H,33,34,35)/t22-,23+,24?. The lowest BCUT2D eigenvalue weighted by Crippen LogP contribution is -2.61. The number of morpholine rings is 1. The van der Waals surface area contributed by atoms with E-state index in [1.807, 2.05) is 63.1 Å². The van der Waals surface area contributed by atoms with E-state index in [4.69, 9.17) is 19.3 Å². The van der Waals surface area contributed by atoms with Crippen molar-refractivity contribution in [1.29, 1.82) is 0 Å². The number of aromatic nitrogens is 4. The van der Waals surface area contributed by atoms with Crippen molar-refractivity contribution in [2.45, 2.75) is 64.3 Å². The number of nitrogens with zero attached hydrogens (tertiary/aromatic N) is 5. The lowest BCUT2D eigenvalue weighted by atomic mass is 9.92. The van der Waals surface area contributed by atoms with Crippen molar-refractivity contribution < 1.29 is 28.9 Å². The van der Waals surface area contributed by atoms with Gasteiger partial charge in [0.15, 0.2) is 5.82 Å². The largest absolute Gasteiger partial charge is 0.488 e. The summed E-state index contributed by atoms with van der Waals surface area (Å²) in [7, 11) is 0. The average Bonchev–Trinajstić information content (AvgIpc) is 3.34. The maximum atomic E-state index is 13.0. The van der Waals surface area contributed by atoms with Gasteiger partial charge in [-0.1, -0.05) is 0 Å². The SMILES string of the molecule is Cc1cc(-c2ccn3nc(Nc4ccc(C(=O)O)cn4)cc3c2)c(OC2C[C@H]3COC[C@@H](C2)N3C(=O)OC(C)(C)C)cn1. The number of fused-ring (bicyclic) bond motifs is 3. The third kappa shape index (κ3) is 6.24. The summed E-state index contributed by atoms with van der Waals surface area (Å²) in [6.07, 6.45) is 5.76. The Bertz CT molecular complexity index is 1650. The molecule has 6 rings (SSSR count). The topological polar surface area (TPSA) is 140 Å². The van der Waals surface area contributed by atoms with Crippen LogP contribution in [-0.2, 0) is 9.47 Å². The molecule has 0 aliphatic carbocycles. The summed E-state index contributed by atoms with van der Waals surface area (Å²) in [5.41, 5.74) is 3.10. The number of hydrogen-bond acceptors (Lipinski definition) is 9. The highest BCUT2D eigenvalue weighted by Crippen LogP contribution is 2.36. The monoisotopic (exact) mass is 586 g/mol. The number of hydrogen-bond donors (Lipinski definition) is 2. The van der Waals surface area contributed by atoms with E-state index in [1.54, 1.807) is 16.8 Å². The molecular formula is C31H34N6O6. The van der Waals surface area contributed by atoms with Gasteiger partial charge in [0.2, 0.25) is 0 Å². The number of aryl methyl sites for hydroxylation is 1. The van der Waals surface area contributed by atoms with Gasteiger partial charge in [-0.05, 0) is 63.6 Å². The van der Waals surface area contributed by atoms with Crippen LogP contribution < -0.4 is 10.1 Å². The van der Waals surface area contributed by atoms with E-state index in [2.05, 4.69) is 20.4 Å². The summed E-state index contributed by atoms with van der Waals surface area (Å²) in [5.74, 6) is 0.699. The van der Waals surface area contributed by atoms with Crippen LogP contribution in [0.5, 0.6) is 5.75 Å². The number of carbonyl (C=O) groups excluding carboxylic acids is 1. The summed E-state index contributed by atoms with van der Waals surface area (Å²) in [6.45, 7) is 8.45. The van der Waals surface area contributed by atoms with E-state index in [-0.39, 0.29) is 29.8 Å². The molecule has 2 aliphatic heterocycles. The van der Waals surface area contributed by atoms with Crippen LogP contribution >= 0.6 is 0 Å². The molecule has 0 aromatic carbocycles. The van der Waals surface area contributed by atoms with Crippen molar-refractivity contribution in [2.75, 3.05) is 18.5 Å². The van der Waals surface area contributed by atoms with E-state index in [1.165, 1.54) is 12.3 Å². The predicted molar refractivity (Wildman–Crippen MR) is 158 cm³/mol. The Morgan fingerprint density at radius 1 is 1.02 bits per heavy atom. The van der Waals surface area contributed by atoms with Crippen LogP contribution in [0.3, 0.4) is 0 Å². The van der Waals surface area contributed by atoms with Gasteiger partial charge in [-0.25, -0.2) is 19.1 Å². The molecule has 2 fully saturated rings. The van der Waals surface area contributed by atoms with Crippen molar-refractivity contribution >= 4 is 29.2 Å². The number of carbonyl (C=O) groups is 2. The van der Waals surface area contributed by atoms with E-state index in [0.717, 1.165) is 22.3 Å². The molecule has 4 aromatic heterocycles. The summed E-state index contributed by atoms with van der Waals surface area (Å²) >= 11 is 0. The number of nitrogens with one attached hydrogen (secondary N) is 1. The molecule has 12 nitrogen and oxygen atoms in total. The lowest BCUT2D eigenvalue weighted by molar-refractivity contribution is -0.0993. The molecule has 2 saturated heterocycles. The van der Waals surface area contributed by atoms with Crippen LogP contribution in [0.1, 0.15) is 49.7 Å². The van der Waals surface area contributed by atoms with E-state index in [0.29, 0.717) is 43.4 Å². The second-order valence-electron chi connectivity index (χ2n) is 11.9. The van der Waals surface area contributed by atoms with Gasteiger partial charge < -0.3 is 24.6 Å². The van der Waals surface area contributed by atoms with E-state index >= 15 is 0 Å². The summed E-state index contributed by atoms with van der Waals surface area (Å²) < 4.78 is 19.8. The zero-order valence-corrected chi connectivity index (χ0v) is 24.5. The lowest BCUT2D eigenvalue weighted by Gasteiger charge is -2.48. The summed E-state index contributed by atoms with van der Waals surface area (Å²) in [6, 6.07) is 10.7. The molecule has 0 saturated carbocycles. The molecule has 4 aromatic rings. The minimum Gasteiger partial charge on any atom is -0.488 e. The van der Waals surface area contributed by atoms with Crippen LogP contribution in [0.4, 0.5) is 16.4 Å². The molecule has 2 bridgehead atoms. The first-order chi connectivity index (χ1) is 20.5. The van der Waals surface area contributed by atoms with Crippen LogP contribution in [0, 0.1) is 6.92 Å². The fraction of sp³-hybridized carbons (Fsp3) is 0.387. The number of piperidine rings is 1. The Balaban J connectivity index is 1.21. The van der Waals surface area contributed by atoms with Gasteiger partial charge in [-0.15, -0.1) is 0 Å². The molecule has 2 N–H and O–H groups in total. The molecule has 3 atom stereocenters. The van der Waals surface area contributed by atoms with Crippen molar-refractivity contribution in [3.8, 4) is 16.9 Å². The number of amides is 1. The summed E-state index contributed by atoms with van der Waals surface area (Å²) in [5, 5.41) is 16.8. The second kappa shape index (κ2) is 11.2. The number of aromatic carboxylic acids is 1. The zero-order chi connectivity index (χ0) is 30.3. The minimum absolute atomic E-state index is 0.112. The highest BCUT2D eigenvalue weighted by atomic mass is 16.6. The van der Waals surface area contributed by atoms with Crippen molar-refractivity contribution in [3.63, 3.8) is 0 Å². The van der Waals surface area contributed by atoms with Crippen molar-refractivity contribution in [2.24, 2.45) is 0 Å². The molecule has 12 heteroatoms. The third-order valence-corrected chi connectivity index (χ3v) is 7.42. The molecule has 0 spiro atoms. The first-order valence-corrected chi connectivity index (χ1v) is 14.2. The smallest absolute Gasteiger partial charge is 0.410 e. The number of carboxylic acid groups (broad SMARTS) is 1. The van der Waals surface area contributed by atoms with E-state index in [9.17, 15) is 9.59 Å². The zero-order valence-electron chi connectivity index (χ0n) is 24.5. The molecule has 43 heavy (non-hydrogen) atoms. The highest BCUT2D eigenvalue weighted by Gasteiger charge is 2.44. The molecule has 224 valence electrons. The van der Waals surface area contributed by atoms with Gasteiger partial charge >= 0.3 is 12.1 Å². The fourth-order valence-electron chi connectivity index (χ4n) is 5.57. The van der Waals surface area contributed by atoms with Gasteiger partial charge in [0.1, 0.15) is 23.3 Å². The highest BCUT2D eigenvalue weighted by molar-refractivity contribution is 5.87. The van der Waals surface area contributed by atoms with Crippen LogP contribution in [-0.4, -0.2) is 78.7 Å². The first kappa shape index (κ1) is 28.4. The average molecular weight is 587 g/mol. The second-order valence-corrected chi connectivity index (χ2v) is 11.9.